The number of hydrogen-bond acceptors (Lipinski definition) is 4. The van der Waals surface area contributed by atoms with E-state index in [1.165, 1.54) is 6.92 Å². The molecule has 5 nitrogen and oxygen atoms in total. The summed E-state index contributed by atoms with van der Waals surface area (Å²) in [4.78, 5) is 25.0. The minimum absolute atomic E-state index is 0.0365. The van der Waals surface area contributed by atoms with Crippen molar-refractivity contribution in [3.63, 3.8) is 0 Å². The summed E-state index contributed by atoms with van der Waals surface area (Å²) in [7, 11) is 0. The molecule has 1 aromatic carbocycles. The van der Waals surface area contributed by atoms with Crippen molar-refractivity contribution in [3.05, 3.63) is 23.8 Å². The van der Waals surface area contributed by atoms with Crippen LogP contribution in [-0.4, -0.2) is 31.3 Å². The summed E-state index contributed by atoms with van der Waals surface area (Å²) in [5.74, 6) is -0.112. The van der Waals surface area contributed by atoms with Crippen LogP contribution in [0.25, 0.3) is 0 Å². The highest BCUT2D eigenvalue weighted by Gasteiger charge is 2.12. The number of hydrogen-bond donors (Lipinski definition) is 2. The summed E-state index contributed by atoms with van der Waals surface area (Å²) in [6, 6.07) is 5.26. The Bertz CT molecular complexity index is 472. The van der Waals surface area contributed by atoms with Gasteiger partial charge in [-0.05, 0) is 39.0 Å². The fourth-order valence-corrected chi connectivity index (χ4v) is 1.86. The quantitative estimate of drug-likeness (QED) is 0.601. The molecule has 0 spiro atoms. The number of carbonyl (C=O) groups is 2. The van der Waals surface area contributed by atoms with Crippen LogP contribution < -0.4 is 16.0 Å². The van der Waals surface area contributed by atoms with E-state index in [-0.39, 0.29) is 18.2 Å². The van der Waals surface area contributed by atoms with E-state index in [9.17, 15) is 9.59 Å². The molecule has 19 heavy (non-hydrogen) atoms. The SMILES string of the molecule is CCNC(=O)CN(CC)c1ccc(N)c(C(C)=O)c1. The largest absolute Gasteiger partial charge is 0.398 e. The third-order valence-electron chi connectivity index (χ3n) is 2.87. The third-order valence-corrected chi connectivity index (χ3v) is 2.87. The number of Topliss-reactive ketones (excluding diaryl/α,β-unsaturated/α-hetero) is 1. The maximum atomic E-state index is 11.6. The van der Waals surface area contributed by atoms with Gasteiger partial charge < -0.3 is 16.0 Å². The lowest BCUT2D eigenvalue weighted by Crippen LogP contribution is -2.37. The van der Waals surface area contributed by atoms with Crippen LogP contribution in [-0.2, 0) is 4.79 Å². The first-order chi connectivity index (χ1) is 8.99. The van der Waals surface area contributed by atoms with Gasteiger partial charge in [-0.3, -0.25) is 9.59 Å². The van der Waals surface area contributed by atoms with Crippen molar-refractivity contribution < 1.29 is 9.59 Å². The zero-order chi connectivity index (χ0) is 14.4. The summed E-state index contributed by atoms with van der Waals surface area (Å²) in [5, 5.41) is 2.76. The molecule has 0 radical (unpaired) electrons. The van der Waals surface area contributed by atoms with E-state index in [2.05, 4.69) is 5.32 Å². The van der Waals surface area contributed by atoms with Gasteiger partial charge in [0.15, 0.2) is 5.78 Å². The summed E-state index contributed by atoms with van der Waals surface area (Å²) in [6.07, 6.45) is 0. The number of benzene rings is 1. The van der Waals surface area contributed by atoms with E-state index in [0.717, 1.165) is 5.69 Å². The van der Waals surface area contributed by atoms with Crippen LogP contribution in [0.4, 0.5) is 11.4 Å². The maximum Gasteiger partial charge on any atom is 0.239 e. The molecular formula is C14H21N3O2. The van der Waals surface area contributed by atoms with E-state index in [0.29, 0.717) is 24.3 Å². The first-order valence-electron chi connectivity index (χ1n) is 6.41. The van der Waals surface area contributed by atoms with Crippen LogP contribution in [0.15, 0.2) is 18.2 Å². The van der Waals surface area contributed by atoms with Crippen molar-refractivity contribution in [2.45, 2.75) is 20.8 Å². The van der Waals surface area contributed by atoms with E-state index in [4.69, 9.17) is 5.73 Å². The lowest BCUT2D eigenvalue weighted by molar-refractivity contribution is -0.119. The number of nitrogens with two attached hydrogens (primary N) is 1. The molecule has 5 heteroatoms. The van der Waals surface area contributed by atoms with E-state index >= 15 is 0 Å². The second kappa shape index (κ2) is 6.78. The van der Waals surface area contributed by atoms with Crippen LogP contribution in [0.3, 0.4) is 0 Å². The van der Waals surface area contributed by atoms with Gasteiger partial charge in [-0.25, -0.2) is 0 Å². The van der Waals surface area contributed by atoms with Gasteiger partial charge in [0.05, 0.1) is 6.54 Å². The molecule has 104 valence electrons. The lowest BCUT2D eigenvalue weighted by Gasteiger charge is -2.23. The molecular weight excluding hydrogens is 242 g/mol. The zero-order valence-corrected chi connectivity index (χ0v) is 11.7. The molecule has 0 aliphatic heterocycles. The summed E-state index contributed by atoms with van der Waals surface area (Å²) >= 11 is 0. The highest BCUT2D eigenvalue weighted by Crippen LogP contribution is 2.21. The van der Waals surface area contributed by atoms with Crippen molar-refractivity contribution in [1.82, 2.24) is 5.32 Å². The van der Waals surface area contributed by atoms with Crippen molar-refractivity contribution >= 4 is 23.1 Å². The number of anilines is 2. The summed E-state index contributed by atoms with van der Waals surface area (Å²) in [5.41, 5.74) is 7.54. The standard InChI is InChI=1S/C14H21N3O2/c1-4-16-14(19)9-17(5-2)11-6-7-13(15)12(8-11)10(3)18/h6-8H,4-5,9,15H2,1-3H3,(H,16,19). The second-order valence-corrected chi connectivity index (χ2v) is 4.30. The number of amides is 1. The van der Waals surface area contributed by atoms with Crippen LogP contribution in [0.1, 0.15) is 31.1 Å². The molecule has 0 aromatic heterocycles. The highest BCUT2D eigenvalue weighted by atomic mass is 16.2. The highest BCUT2D eigenvalue weighted by molar-refractivity contribution is 6.00. The Morgan fingerprint density at radius 1 is 1.32 bits per heavy atom. The molecule has 1 aromatic rings. The predicted octanol–water partition coefficient (Wildman–Crippen LogP) is 1.43. The van der Waals surface area contributed by atoms with Crippen LogP contribution in [0.2, 0.25) is 0 Å². The fraction of sp³-hybridized carbons (Fsp3) is 0.429. The van der Waals surface area contributed by atoms with Crippen LogP contribution in [0, 0.1) is 0 Å². The summed E-state index contributed by atoms with van der Waals surface area (Å²) < 4.78 is 0. The van der Waals surface area contributed by atoms with Gasteiger partial charge >= 0.3 is 0 Å². The predicted molar refractivity (Wildman–Crippen MR) is 77.4 cm³/mol. The van der Waals surface area contributed by atoms with Gasteiger partial charge in [-0.1, -0.05) is 0 Å². The average Bonchev–Trinajstić information content (AvgIpc) is 2.36. The Morgan fingerprint density at radius 3 is 2.53 bits per heavy atom. The Labute approximate surface area is 113 Å². The molecule has 0 unspecified atom stereocenters. The molecule has 0 saturated heterocycles. The second-order valence-electron chi connectivity index (χ2n) is 4.30. The first kappa shape index (κ1) is 15.0. The van der Waals surface area contributed by atoms with E-state index in [1.807, 2.05) is 24.8 Å². The molecule has 0 atom stereocenters. The molecule has 0 aliphatic carbocycles. The number of nitrogens with zero attached hydrogens (tertiary/aromatic N) is 1. The maximum absolute atomic E-state index is 11.6. The Balaban J connectivity index is 2.95. The fourth-order valence-electron chi connectivity index (χ4n) is 1.86. The monoisotopic (exact) mass is 263 g/mol. The van der Waals surface area contributed by atoms with Crippen molar-refractivity contribution in [1.29, 1.82) is 0 Å². The Hall–Kier alpha value is -2.04. The minimum Gasteiger partial charge on any atom is -0.398 e. The normalized spacial score (nSPS) is 10.1. The molecule has 3 N–H and O–H groups in total. The summed E-state index contributed by atoms with van der Waals surface area (Å²) in [6.45, 7) is 6.88. The van der Waals surface area contributed by atoms with Gasteiger partial charge in [0.2, 0.25) is 5.91 Å². The number of likely N-dealkylation sites (N-methyl/N-ethyl adjacent to an activating group) is 2. The zero-order valence-electron chi connectivity index (χ0n) is 11.7. The van der Waals surface area contributed by atoms with Crippen molar-refractivity contribution in [2.24, 2.45) is 0 Å². The van der Waals surface area contributed by atoms with E-state index < -0.39 is 0 Å². The number of rotatable bonds is 6. The average molecular weight is 263 g/mol. The van der Waals surface area contributed by atoms with Gasteiger partial charge in [0.25, 0.3) is 0 Å². The number of ketones is 1. The minimum atomic E-state index is -0.0755. The lowest BCUT2D eigenvalue weighted by atomic mass is 10.1. The molecule has 0 heterocycles. The molecule has 0 saturated carbocycles. The number of nitrogens with one attached hydrogen (secondary N) is 1. The Kier molecular flexibility index (Phi) is 5.36. The molecule has 0 fully saturated rings. The van der Waals surface area contributed by atoms with Crippen molar-refractivity contribution in [3.8, 4) is 0 Å². The number of nitrogen functional groups attached to an aromatic ring is 1. The topological polar surface area (TPSA) is 75.4 Å². The van der Waals surface area contributed by atoms with E-state index in [1.54, 1.807) is 12.1 Å². The molecule has 1 amide bonds. The van der Waals surface area contributed by atoms with Crippen LogP contribution >= 0.6 is 0 Å². The van der Waals surface area contributed by atoms with Gasteiger partial charge in [0.1, 0.15) is 0 Å². The van der Waals surface area contributed by atoms with Gasteiger partial charge in [0, 0.05) is 30.0 Å². The number of carbonyl (C=O) groups excluding carboxylic acids is 2. The van der Waals surface area contributed by atoms with Gasteiger partial charge in [-0.15, -0.1) is 0 Å². The third kappa shape index (κ3) is 3.98. The molecule has 0 bridgehead atoms. The molecule has 0 aliphatic rings. The molecule has 1 rings (SSSR count). The van der Waals surface area contributed by atoms with Gasteiger partial charge in [-0.2, -0.15) is 0 Å². The first-order valence-corrected chi connectivity index (χ1v) is 6.41. The smallest absolute Gasteiger partial charge is 0.239 e. The Morgan fingerprint density at radius 2 is 2.00 bits per heavy atom. The van der Waals surface area contributed by atoms with Crippen molar-refractivity contribution in [2.75, 3.05) is 30.3 Å². The van der Waals surface area contributed by atoms with Crippen LogP contribution in [0.5, 0.6) is 0 Å².